The Bertz CT molecular complexity index is 4380. The predicted octanol–water partition coefficient (Wildman–Crippen LogP) is 18.1. The van der Waals surface area contributed by atoms with Crippen LogP contribution >= 0.6 is 0 Å². The molecule has 0 fully saturated rings. The Balaban J connectivity index is 0.998. The highest BCUT2D eigenvalue weighted by atomic mass is 15.2. The molecule has 0 N–H and O–H groups in total. The molecule has 0 saturated carbocycles. The van der Waals surface area contributed by atoms with Crippen LogP contribution in [0.25, 0.3) is 83.9 Å². The molecular weight excluding hydrogens is 947 g/mol. The van der Waals surface area contributed by atoms with E-state index < -0.39 is 5.41 Å². The quantitative estimate of drug-likeness (QED) is 0.152. The minimum Gasteiger partial charge on any atom is -0.310 e. The summed E-state index contributed by atoms with van der Waals surface area (Å²) in [6.07, 6.45) is 7.57. The average Bonchev–Trinajstić information content (AvgIpc) is 2.89. The number of hydrogen-bond donors (Lipinski definition) is 0. The summed E-state index contributed by atoms with van der Waals surface area (Å²) in [5, 5.41) is 2.29. The van der Waals surface area contributed by atoms with Gasteiger partial charge >= 0.3 is 0 Å². The van der Waals surface area contributed by atoms with Crippen LogP contribution in [0.15, 0.2) is 260 Å². The monoisotopic (exact) mass is 999 g/mol. The van der Waals surface area contributed by atoms with Crippen LogP contribution in [0.4, 0.5) is 17.1 Å². The van der Waals surface area contributed by atoms with Gasteiger partial charge in [0, 0.05) is 49.8 Å². The minimum absolute atomic E-state index is 0.137. The molecule has 1 spiro atoms. The van der Waals surface area contributed by atoms with Crippen LogP contribution in [0.2, 0.25) is 0 Å². The maximum absolute atomic E-state index is 5.40. The van der Waals surface area contributed by atoms with Gasteiger partial charge in [0.2, 0.25) is 5.95 Å². The lowest BCUT2D eigenvalue weighted by atomic mass is 9.70. The summed E-state index contributed by atoms with van der Waals surface area (Å²) in [4.78, 5) is 18.5. The zero-order valence-corrected chi connectivity index (χ0v) is 43.7. The van der Waals surface area contributed by atoms with Crippen LogP contribution in [-0.4, -0.2) is 19.5 Å². The first-order valence-electron chi connectivity index (χ1n) is 27.1. The summed E-state index contributed by atoms with van der Waals surface area (Å²) < 4.78 is 2.31. The molecule has 1 unspecified atom stereocenters. The molecule has 0 radical (unpaired) electrons. The second-order valence-corrected chi connectivity index (χ2v) is 21.4. The zero-order valence-electron chi connectivity index (χ0n) is 43.7. The van der Waals surface area contributed by atoms with Crippen molar-refractivity contribution in [2.75, 3.05) is 4.90 Å². The SMILES string of the molecule is C/C=C\C=C1/Cc2ccc(N(c3ccc(-c4ccccc4)cc3)c3cccc4c3-c3ccccc3C43c4ccccc4-c4c3ccc3c5ccccc5n(-c5nc(-c6ccccc6)nc(-c6ccccc6)n5)c43)cc2C1(C)C. The van der Waals surface area contributed by atoms with E-state index >= 15 is 0 Å². The Kier molecular flexibility index (Phi) is 10.4. The summed E-state index contributed by atoms with van der Waals surface area (Å²) >= 11 is 0. The van der Waals surface area contributed by atoms with Crippen molar-refractivity contribution in [3.05, 3.63) is 294 Å². The zero-order chi connectivity index (χ0) is 52.1. The van der Waals surface area contributed by atoms with Gasteiger partial charge in [-0.05, 0) is 105 Å². The van der Waals surface area contributed by atoms with E-state index in [0.717, 1.165) is 56.4 Å². The molecule has 3 aliphatic rings. The molecule has 0 amide bonds. The first-order valence-corrected chi connectivity index (χ1v) is 27.1. The third kappa shape index (κ3) is 6.71. The molecule has 78 heavy (non-hydrogen) atoms. The summed E-state index contributed by atoms with van der Waals surface area (Å²) in [6, 6.07) is 86.4. The summed E-state index contributed by atoms with van der Waals surface area (Å²) in [7, 11) is 0. The maximum atomic E-state index is 5.40. The molecule has 15 rings (SSSR count). The Morgan fingerprint density at radius 1 is 0.462 bits per heavy atom. The van der Waals surface area contributed by atoms with E-state index in [1.165, 1.54) is 72.3 Å². The molecule has 0 saturated heterocycles. The van der Waals surface area contributed by atoms with Gasteiger partial charge < -0.3 is 4.90 Å². The van der Waals surface area contributed by atoms with Crippen LogP contribution in [0.5, 0.6) is 0 Å². The van der Waals surface area contributed by atoms with Crippen LogP contribution in [-0.2, 0) is 17.3 Å². The van der Waals surface area contributed by atoms with Gasteiger partial charge in [0.15, 0.2) is 11.6 Å². The first-order chi connectivity index (χ1) is 38.4. The van der Waals surface area contributed by atoms with Crippen molar-refractivity contribution in [3.63, 3.8) is 0 Å². The molecule has 0 aliphatic heterocycles. The standard InChI is InChI=1S/C73H53N5/c1-4-5-28-52-45-51-39-42-54(46-63(51)72(52,2)3)77(53-40-37-48(38-41-53)47-22-9-6-10-23-47)65-36-21-34-61-66(65)57-30-15-18-32-59(57)73(61)60-33-19-16-31-58(60)67-62(73)44-43-56-55-29-17-20-35-64(55)78(68(56)67)71-75-69(49-24-11-7-12-25-49)74-70(76-71)50-26-13-8-14-27-50/h4-44,46H,45H2,1-3H3/b5-4-,52-28+. The summed E-state index contributed by atoms with van der Waals surface area (Å²) in [6.45, 7) is 6.86. The Morgan fingerprint density at radius 3 is 1.71 bits per heavy atom. The van der Waals surface area contributed by atoms with Crippen molar-refractivity contribution in [1.29, 1.82) is 0 Å². The van der Waals surface area contributed by atoms with E-state index in [-0.39, 0.29) is 5.41 Å². The molecule has 5 nitrogen and oxygen atoms in total. The van der Waals surface area contributed by atoms with Crippen LogP contribution in [0.3, 0.4) is 0 Å². The fraction of sp³-hybridized carbons (Fsp3) is 0.0822. The van der Waals surface area contributed by atoms with Crippen molar-refractivity contribution in [3.8, 4) is 62.1 Å². The fourth-order valence-electron chi connectivity index (χ4n) is 13.4. The number of para-hydroxylation sites is 1. The average molecular weight is 1000 g/mol. The number of allylic oxidation sites excluding steroid dienone is 4. The van der Waals surface area contributed by atoms with E-state index in [1.54, 1.807) is 0 Å². The Labute approximate surface area is 454 Å². The molecule has 10 aromatic carbocycles. The molecule has 370 valence electrons. The van der Waals surface area contributed by atoms with Gasteiger partial charge in [-0.25, -0.2) is 4.98 Å². The van der Waals surface area contributed by atoms with Gasteiger partial charge in [0.25, 0.3) is 0 Å². The van der Waals surface area contributed by atoms with E-state index in [0.29, 0.717) is 17.6 Å². The van der Waals surface area contributed by atoms with Crippen LogP contribution in [0, 0.1) is 0 Å². The molecule has 12 aromatic rings. The number of benzene rings is 10. The predicted molar refractivity (Wildman–Crippen MR) is 321 cm³/mol. The molecule has 3 aliphatic carbocycles. The second-order valence-electron chi connectivity index (χ2n) is 21.4. The van der Waals surface area contributed by atoms with Crippen molar-refractivity contribution in [1.82, 2.24) is 19.5 Å². The van der Waals surface area contributed by atoms with E-state index in [1.807, 2.05) is 36.4 Å². The van der Waals surface area contributed by atoms with Crippen LogP contribution < -0.4 is 4.90 Å². The molecule has 1 atom stereocenters. The maximum Gasteiger partial charge on any atom is 0.238 e. The normalized spacial score (nSPS) is 16.0. The first kappa shape index (κ1) is 45.7. The number of rotatable bonds is 8. The Morgan fingerprint density at radius 2 is 1.03 bits per heavy atom. The van der Waals surface area contributed by atoms with E-state index in [9.17, 15) is 0 Å². The van der Waals surface area contributed by atoms with Gasteiger partial charge in [0.1, 0.15) is 0 Å². The molecular formula is C73H53N5. The van der Waals surface area contributed by atoms with Gasteiger partial charge in [-0.15, -0.1) is 0 Å². The highest BCUT2D eigenvalue weighted by molar-refractivity contribution is 6.17. The van der Waals surface area contributed by atoms with Crippen molar-refractivity contribution < 1.29 is 0 Å². The van der Waals surface area contributed by atoms with Crippen molar-refractivity contribution in [2.24, 2.45) is 0 Å². The largest absolute Gasteiger partial charge is 0.310 e. The number of fused-ring (bicyclic) bond motifs is 15. The van der Waals surface area contributed by atoms with Gasteiger partial charge in [-0.2, -0.15) is 9.97 Å². The number of hydrogen-bond acceptors (Lipinski definition) is 4. The Hall–Kier alpha value is -9.71. The number of anilines is 3. The van der Waals surface area contributed by atoms with E-state index in [4.69, 9.17) is 15.0 Å². The molecule has 2 aromatic heterocycles. The van der Waals surface area contributed by atoms with E-state index in [2.05, 4.69) is 249 Å². The fourth-order valence-corrected chi connectivity index (χ4v) is 13.4. The van der Waals surface area contributed by atoms with Gasteiger partial charge in [-0.1, -0.05) is 238 Å². The van der Waals surface area contributed by atoms with Crippen LogP contribution in [0.1, 0.15) is 54.2 Å². The lowest BCUT2D eigenvalue weighted by Crippen LogP contribution is -2.26. The third-order valence-corrected chi connectivity index (χ3v) is 16.9. The highest BCUT2D eigenvalue weighted by Gasteiger charge is 2.53. The third-order valence-electron chi connectivity index (χ3n) is 16.9. The molecule has 0 bridgehead atoms. The lowest BCUT2D eigenvalue weighted by Gasteiger charge is -2.32. The molecule has 2 heterocycles. The smallest absolute Gasteiger partial charge is 0.238 e. The lowest BCUT2D eigenvalue weighted by molar-refractivity contribution is 0.644. The number of nitrogens with zero attached hydrogens (tertiary/aromatic N) is 5. The van der Waals surface area contributed by atoms with Gasteiger partial charge in [0.05, 0.1) is 22.1 Å². The van der Waals surface area contributed by atoms with Gasteiger partial charge in [-0.3, -0.25) is 4.57 Å². The second kappa shape index (κ2) is 17.7. The molecule has 5 heteroatoms. The van der Waals surface area contributed by atoms with Crippen molar-refractivity contribution in [2.45, 2.75) is 38.0 Å². The minimum atomic E-state index is -0.665. The number of aromatic nitrogens is 4. The highest BCUT2D eigenvalue weighted by Crippen LogP contribution is 2.66. The summed E-state index contributed by atoms with van der Waals surface area (Å²) in [5.41, 5.74) is 23.0. The topological polar surface area (TPSA) is 46.8 Å². The van der Waals surface area contributed by atoms with Crippen molar-refractivity contribution >= 4 is 38.9 Å². The summed E-state index contributed by atoms with van der Waals surface area (Å²) in [5.74, 6) is 1.82.